The summed E-state index contributed by atoms with van der Waals surface area (Å²) in [6, 6.07) is 10.9. The molecule has 0 unspecified atom stereocenters. The molecule has 0 aliphatic carbocycles. The van der Waals surface area contributed by atoms with Crippen molar-refractivity contribution in [1.29, 1.82) is 0 Å². The van der Waals surface area contributed by atoms with Crippen LogP contribution in [0.1, 0.15) is 12.5 Å². The van der Waals surface area contributed by atoms with Gasteiger partial charge in [-0.15, -0.1) is 0 Å². The molecule has 2 N–H and O–H groups in total. The van der Waals surface area contributed by atoms with Crippen molar-refractivity contribution < 1.29 is 13.2 Å². The second-order valence-corrected chi connectivity index (χ2v) is 7.76. The number of benzene rings is 1. The van der Waals surface area contributed by atoms with Gasteiger partial charge in [-0.05, 0) is 25.1 Å². The molecule has 0 fully saturated rings. The normalized spacial score (nSPS) is 11.9. The lowest BCUT2D eigenvalue weighted by molar-refractivity contribution is 0.396. The van der Waals surface area contributed by atoms with Gasteiger partial charge >= 0.3 is 0 Å². The molecule has 0 amide bonds. The van der Waals surface area contributed by atoms with Gasteiger partial charge in [0.05, 0.1) is 13.7 Å². The predicted molar refractivity (Wildman–Crippen MR) is 110 cm³/mol. The number of pyridine rings is 1. The van der Waals surface area contributed by atoms with Crippen LogP contribution in [0.4, 0.5) is 0 Å². The van der Waals surface area contributed by atoms with Crippen molar-refractivity contribution in [1.82, 2.24) is 19.9 Å². The van der Waals surface area contributed by atoms with E-state index in [0.717, 1.165) is 11.3 Å². The first-order valence-corrected chi connectivity index (χ1v) is 10.5. The third-order valence-electron chi connectivity index (χ3n) is 3.91. The molecular formula is C19H27N5O3S. The lowest BCUT2D eigenvalue weighted by atomic mass is 10.2. The first-order valence-electron chi connectivity index (χ1n) is 8.99. The highest BCUT2D eigenvalue weighted by molar-refractivity contribution is 7.89. The second-order valence-electron chi connectivity index (χ2n) is 5.99. The topological polar surface area (TPSA) is 95.9 Å². The van der Waals surface area contributed by atoms with E-state index in [1.54, 1.807) is 13.2 Å². The summed E-state index contributed by atoms with van der Waals surface area (Å²) in [6.45, 7) is 3.79. The molecule has 0 atom stereocenters. The lowest BCUT2D eigenvalue weighted by Crippen LogP contribution is -2.39. The highest BCUT2D eigenvalue weighted by Crippen LogP contribution is 2.18. The molecule has 0 saturated heterocycles. The second kappa shape index (κ2) is 10.6. The number of hydrogen-bond acceptors (Lipinski definition) is 5. The van der Waals surface area contributed by atoms with E-state index in [-0.39, 0.29) is 11.4 Å². The van der Waals surface area contributed by atoms with Crippen LogP contribution >= 0.6 is 0 Å². The summed E-state index contributed by atoms with van der Waals surface area (Å²) in [5.41, 5.74) is 1.04. The van der Waals surface area contributed by atoms with Gasteiger partial charge in [0.1, 0.15) is 10.6 Å². The predicted octanol–water partition coefficient (Wildman–Crippen LogP) is 1.47. The van der Waals surface area contributed by atoms with Crippen LogP contribution < -0.4 is 14.8 Å². The van der Waals surface area contributed by atoms with Crippen molar-refractivity contribution in [2.75, 3.05) is 33.8 Å². The Morgan fingerprint density at radius 1 is 1.25 bits per heavy atom. The van der Waals surface area contributed by atoms with E-state index in [0.29, 0.717) is 25.6 Å². The molecule has 2 aromatic rings. The van der Waals surface area contributed by atoms with Crippen molar-refractivity contribution in [3.8, 4) is 5.75 Å². The number of aliphatic imine (C=N–C) groups is 1. The summed E-state index contributed by atoms with van der Waals surface area (Å²) < 4.78 is 32.4. The van der Waals surface area contributed by atoms with Crippen LogP contribution in [0.3, 0.4) is 0 Å². The fourth-order valence-corrected chi connectivity index (χ4v) is 3.55. The number of nitrogens with one attached hydrogen (secondary N) is 2. The third-order valence-corrected chi connectivity index (χ3v) is 5.35. The van der Waals surface area contributed by atoms with Crippen molar-refractivity contribution in [2.24, 2.45) is 4.99 Å². The number of hydrogen-bond donors (Lipinski definition) is 2. The molecule has 1 heterocycles. The summed E-state index contributed by atoms with van der Waals surface area (Å²) in [4.78, 5) is 10.5. The number of sulfonamides is 1. The summed E-state index contributed by atoms with van der Waals surface area (Å²) in [7, 11) is -0.0109. The minimum absolute atomic E-state index is 0.138. The number of rotatable bonds is 9. The highest BCUT2D eigenvalue weighted by Gasteiger charge is 2.13. The zero-order valence-corrected chi connectivity index (χ0v) is 17.2. The molecule has 0 aliphatic heterocycles. The van der Waals surface area contributed by atoms with Crippen molar-refractivity contribution in [2.45, 2.75) is 18.4 Å². The van der Waals surface area contributed by atoms with Crippen LogP contribution in [0.25, 0.3) is 0 Å². The van der Waals surface area contributed by atoms with E-state index < -0.39 is 10.0 Å². The van der Waals surface area contributed by atoms with E-state index in [2.05, 4.69) is 20.0 Å². The zero-order chi connectivity index (χ0) is 20.4. The van der Waals surface area contributed by atoms with E-state index in [4.69, 9.17) is 4.74 Å². The SMILES string of the molecule is CCNC(=NCCNS(=O)(=O)c1cccnc1)N(C)Cc1ccccc1OC. The molecule has 1 aromatic carbocycles. The van der Waals surface area contributed by atoms with E-state index in [9.17, 15) is 8.42 Å². The number of nitrogens with zero attached hydrogens (tertiary/aromatic N) is 3. The summed E-state index contributed by atoms with van der Waals surface area (Å²) in [5.74, 6) is 1.50. The minimum atomic E-state index is -3.58. The molecule has 8 nitrogen and oxygen atoms in total. The lowest BCUT2D eigenvalue weighted by Gasteiger charge is -2.23. The summed E-state index contributed by atoms with van der Waals surface area (Å²) >= 11 is 0. The summed E-state index contributed by atoms with van der Waals surface area (Å²) in [6.07, 6.45) is 2.85. The molecule has 0 spiro atoms. The maximum Gasteiger partial charge on any atom is 0.242 e. The standard InChI is InChI=1S/C19H27N5O3S/c1-4-21-19(24(2)15-16-8-5-6-10-18(16)27-3)22-12-13-23-28(25,26)17-9-7-11-20-14-17/h5-11,14,23H,4,12-13,15H2,1-3H3,(H,21,22). The smallest absolute Gasteiger partial charge is 0.242 e. The molecular weight excluding hydrogens is 378 g/mol. The molecule has 0 aliphatic rings. The van der Waals surface area contributed by atoms with Crippen molar-refractivity contribution in [3.05, 3.63) is 54.4 Å². The van der Waals surface area contributed by atoms with Gasteiger partial charge in [0.25, 0.3) is 0 Å². The Hall–Kier alpha value is -2.65. The van der Waals surface area contributed by atoms with Crippen molar-refractivity contribution in [3.63, 3.8) is 0 Å². The highest BCUT2D eigenvalue weighted by atomic mass is 32.2. The molecule has 9 heteroatoms. The van der Waals surface area contributed by atoms with E-state index in [1.165, 1.54) is 18.5 Å². The maximum atomic E-state index is 12.2. The number of methoxy groups -OCH3 is 1. The van der Waals surface area contributed by atoms with Crippen LogP contribution in [0.5, 0.6) is 5.75 Å². The van der Waals surface area contributed by atoms with Crippen LogP contribution in [0, 0.1) is 0 Å². The Morgan fingerprint density at radius 3 is 2.71 bits per heavy atom. The summed E-state index contributed by atoms with van der Waals surface area (Å²) in [5, 5.41) is 3.22. The number of aromatic nitrogens is 1. The molecule has 152 valence electrons. The first kappa shape index (κ1) is 21.6. The molecule has 0 saturated carbocycles. The molecule has 2 rings (SSSR count). The fraction of sp³-hybridized carbons (Fsp3) is 0.368. The fourth-order valence-electron chi connectivity index (χ4n) is 2.56. The van der Waals surface area contributed by atoms with E-state index in [1.807, 2.05) is 43.1 Å². The monoisotopic (exact) mass is 405 g/mol. The molecule has 28 heavy (non-hydrogen) atoms. The number of ether oxygens (including phenoxy) is 1. The van der Waals surface area contributed by atoms with Crippen LogP contribution in [0.2, 0.25) is 0 Å². The van der Waals surface area contributed by atoms with Crippen LogP contribution in [-0.2, 0) is 16.6 Å². The third kappa shape index (κ3) is 6.21. The van der Waals surface area contributed by atoms with Gasteiger partial charge in [-0.3, -0.25) is 9.98 Å². The first-order chi connectivity index (χ1) is 13.5. The quantitative estimate of drug-likeness (QED) is 0.373. The van der Waals surface area contributed by atoms with Crippen LogP contribution in [-0.4, -0.2) is 58.1 Å². The van der Waals surface area contributed by atoms with Crippen molar-refractivity contribution >= 4 is 16.0 Å². The van der Waals surface area contributed by atoms with Gasteiger partial charge in [-0.2, -0.15) is 0 Å². The Morgan fingerprint density at radius 2 is 2.04 bits per heavy atom. The molecule has 0 bridgehead atoms. The maximum absolute atomic E-state index is 12.2. The van der Waals surface area contributed by atoms with Gasteiger partial charge in [0.2, 0.25) is 10.0 Å². The Kier molecular flexibility index (Phi) is 8.21. The largest absolute Gasteiger partial charge is 0.496 e. The van der Waals surface area contributed by atoms with Gasteiger partial charge in [-0.1, -0.05) is 18.2 Å². The average Bonchev–Trinajstić information content (AvgIpc) is 2.71. The van der Waals surface area contributed by atoms with Gasteiger partial charge in [-0.25, -0.2) is 13.1 Å². The Balaban J connectivity index is 1.98. The molecule has 1 aromatic heterocycles. The van der Waals surface area contributed by atoms with Gasteiger partial charge in [0, 0.05) is 44.6 Å². The Labute approximate surface area is 166 Å². The minimum Gasteiger partial charge on any atom is -0.496 e. The average molecular weight is 406 g/mol. The van der Waals surface area contributed by atoms with Crippen LogP contribution in [0.15, 0.2) is 58.7 Å². The van der Waals surface area contributed by atoms with Gasteiger partial charge in [0.15, 0.2) is 5.96 Å². The zero-order valence-electron chi connectivity index (χ0n) is 16.4. The number of para-hydroxylation sites is 1. The Bertz CT molecular complexity index is 872. The molecule has 0 radical (unpaired) electrons. The van der Waals surface area contributed by atoms with E-state index >= 15 is 0 Å². The number of guanidine groups is 1. The van der Waals surface area contributed by atoms with Gasteiger partial charge < -0.3 is 15.0 Å².